The van der Waals surface area contributed by atoms with Gasteiger partial charge in [0.2, 0.25) is 0 Å². The molecule has 2 N–H and O–H groups in total. The molecule has 0 spiro atoms. The van der Waals surface area contributed by atoms with Gasteiger partial charge in [0.1, 0.15) is 11.4 Å². The molecule has 0 fully saturated rings. The normalized spacial score (nSPS) is 10.3. The Morgan fingerprint density at radius 2 is 1.46 bits per heavy atom. The third-order valence-electron chi connectivity index (χ3n) is 2.79. The van der Waals surface area contributed by atoms with Crippen LogP contribution in [0.5, 0.6) is 0 Å². The van der Waals surface area contributed by atoms with Crippen molar-refractivity contribution >= 4 is 54.6 Å². The lowest BCUT2D eigenvalue weighted by atomic mass is 10.2. The standard InChI is InChI=1S/C12H6Br2F2N4O4/c13-5-1-6(14)12(11(2-5)20(23)24)18-17-9-3-7(15)8(16)4-10(9)19(21)22/h1-4,17-18H. The minimum absolute atomic E-state index is 0.0535. The molecule has 0 atom stereocenters. The minimum Gasteiger partial charge on any atom is -0.294 e. The first-order valence-corrected chi connectivity index (χ1v) is 7.58. The fraction of sp³-hybridized carbons (Fsp3) is 0. The van der Waals surface area contributed by atoms with E-state index in [9.17, 15) is 29.0 Å². The van der Waals surface area contributed by atoms with Crippen LogP contribution < -0.4 is 10.9 Å². The molecule has 0 radical (unpaired) electrons. The molecule has 2 aromatic carbocycles. The largest absolute Gasteiger partial charge is 0.297 e. The second kappa shape index (κ2) is 7.05. The zero-order valence-corrected chi connectivity index (χ0v) is 14.5. The zero-order chi connectivity index (χ0) is 18.0. The van der Waals surface area contributed by atoms with Crippen LogP contribution in [0.15, 0.2) is 33.2 Å². The Morgan fingerprint density at radius 3 is 2.04 bits per heavy atom. The summed E-state index contributed by atoms with van der Waals surface area (Å²) in [6.07, 6.45) is 0. The number of nitrogens with one attached hydrogen (secondary N) is 2. The van der Waals surface area contributed by atoms with Gasteiger partial charge in [-0.15, -0.1) is 0 Å². The van der Waals surface area contributed by atoms with Gasteiger partial charge in [-0.1, -0.05) is 15.9 Å². The molecule has 0 unspecified atom stereocenters. The molecule has 2 rings (SSSR count). The SMILES string of the molecule is O=[N+]([O-])c1cc(F)c(F)cc1NNc1c(Br)cc(Br)cc1[N+](=O)[O-]. The highest BCUT2D eigenvalue weighted by atomic mass is 79.9. The van der Waals surface area contributed by atoms with Crippen molar-refractivity contribution in [2.24, 2.45) is 0 Å². The molecule has 0 bridgehead atoms. The van der Waals surface area contributed by atoms with E-state index < -0.39 is 32.9 Å². The average Bonchev–Trinajstić information content (AvgIpc) is 2.48. The second-order valence-electron chi connectivity index (χ2n) is 4.33. The molecular formula is C12H6Br2F2N4O4. The van der Waals surface area contributed by atoms with Crippen LogP contribution in [-0.2, 0) is 0 Å². The summed E-state index contributed by atoms with van der Waals surface area (Å²) in [7, 11) is 0. The van der Waals surface area contributed by atoms with Crippen molar-refractivity contribution in [1.29, 1.82) is 0 Å². The lowest BCUT2D eigenvalue weighted by molar-refractivity contribution is -0.384. The lowest BCUT2D eigenvalue weighted by Gasteiger charge is -2.12. The Labute approximate surface area is 149 Å². The Kier molecular flexibility index (Phi) is 5.29. The highest BCUT2D eigenvalue weighted by Crippen LogP contribution is 2.36. The first-order chi connectivity index (χ1) is 11.2. The van der Waals surface area contributed by atoms with Crippen molar-refractivity contribution in [3.63, 3.8) is 0 Å². The van der Waals surface area contributed by atoms with E-state index in [2.05, 4.69) is 42.7 Å². The van der Waals surface area contributed by atoms with Gasteiger partial charge in [-0.25, -0.2) is 8.78 Å². The molecule has 0 amide bonds. The Hall–Kier alpha value is -2.34. The summed E-state index contributed by atoms with van der Waals surface area (Å²) in [6, 6.07) is 3.68. The van der Waals surface area contributed by atoms with Gasteiger partial charge in [-0.3, -0.25) is 31.1 Å². The molecule has 0 aliphatic rings. The van der Waals surface area contributed by atoms with E-state index in [1.165, 1.54) is 12.1 Å². The lowest BCUT2D eigenvalue weighted by Crippen LogP contribution is -2.13. The summed E-state index contributed by atoms with van der Waals surface area (Å²) in [6.45, 7) is 0. The van der Waals surface area contributed by atoms with Crippen LogP contribution in [0, 0.1) is 31.9 Å². The number of nitro groups is 2. The molecule has 0 saturated carbocycles. The smallest absolute Gasteiger partial charge is 0.294 e. The maximum Gasteiger partial charge on any atom is 0.297 e. The maximum atomic E-state index is 13.3. The predicted molar refractivity (Wildman–Crippen MR) is 88.8 cm³/mol. The summed E-state index contributed by atoms with van der Waals surface area (Å²) in [5, 5.41) is 22.0. The first kappa shape index (κ1) is 18.0. The van der Waals surface area contributed by atoms with Crippen LogP contribution in [-0.4, -0.2) is 9.85 Å². The fourth-order valence-corrected chi connectivity index (χ4v) is 3.05. The molecule has 126 valence electrons. The van der Waals surface area contributed by atoms with Crippen molar-refractivity contribution in [3.05, 3.63) is 65.1 Å². The molecule has 24 heavy (non-hydrogen) atoms. The topological polar surface area (TPSA) is 110 Å². The Balaban J connectivity index is 2.41. The summed E-state index contributed by atoms with van der Waals surface area (Å²) in [5.41, 5.74) is 3.14. The van der Waals surface area contributed by atoms with Crippen molar-refractivity contribution in [2.75, 3.05) is 10.9 Å². The van der Waals surface area contributed by atoms with Crippen LogP contribution in [0.25, 0.3) is 0 Å². The van der Waals surface area contributed by atoms with E-state index in [1.807, 2.05) is 0 Å². The molecular weight excluding hydrogens is 462 g/mol. The highest BCUT2D eigenvalue weighted by Gasteiger charge is 2.22. The van der Waals surface area contributed by atoms with Gasteiger partial charge in [0.05, 0.1) is 20.4 Å². The summed E-state index contributed by atoms with van der Waals surface area (Å²) in [4.78, 5) is 20.4. The van der Waals surface area contributed by atoms with Gasteiger partial charge in [-0.05, 0) is 22.0 Å². The monoisotopic (exact) mass is 466 g/mol. The second-order valence-corrected chi connectivity index (χ2v) is 6.10. The average molecular weight is 468 g/mol. The maximum absolute atomic E-state index is 13.3. The molecule has 0 aliphatic heterocycles. The van der Waals surface area contributed by atoms with Crippen LogP contribution in [0.4, 0.5) is 31.5 Å². The van der Waals surface area contributed by atoms with E-state index in [1.54, 1.807) is 0 Å². The van der Waals surface area contributed by atoms with E-state index >= 15 is 0 Å². The number of rotatable bonds is 5. The van der Waals surface area contributed by atoms with Crippen LogP contribution in [0.3, 0.4) is 0 Å². The van der Waals surface area contributed by atoms with Gasteiger partial charge in [0.25, 0.3) is 11.4 Å². The number of hydrogen-bond acceptors (Lipinski definition) is 6. The highest BCUT2D eigenvalue weighted by molar-refractivity contribution is 9.11. The Morgan fingerprint density at radius 1 is 0.875 bits per heavy atom. The quantitative estimate of drug-likeness (QED) is 0.485. The molecule has 0 heterocycles. The Bertz CT molecular complexity index is 850. The number of benzene rings is 2. The van der Waals surface area contributed by atoms with Gasteiger partial charge in [-0.2, -0.15) is 0 Å². The number of hydrazine groups is 1. The third-order valence-corrected chi connectivity index (χ3v) is 3.87. The molecule has 0 aromatic heterocycles. The predicted octanol–water partition coefficient (Wildman–Crippen LogP) is 4.75. The number of nitro benzene ring substituents is 2. The molecule has 0 saturated heterocycles. The summed E-state index contributed by atoms with van der Waals surface area (Å²) in [5.74, 6) is -2.70. The van der Waals surface area contributed by atoms with Gasteiger partial charge >= 0.3 is 0 Å². The van der Waals surface area contributed by atoms with Gasteiger partial charge < -0.3 is 0 Å². The van der Waals surface area contributed by atoms with Crippen molar-refractivity contribution < 1.29 is 18.6 Å². The summed E-state index contributed by atoms with van der Waals surface area (Å²) < 4.78 is 27.1. The van der Waals surface area contributed by atoms with E-state index in [4.69, 9.17) is 0 Å². The fourth-order valence-electron chi connectivity index (χ4n) is 1.75. The van der Waals surface area contributed by atoms with Crippen LogP contribution >= 0.6 is 31.9 Å². The molecule has 12 heteroatoms. The van der Waals surface area contributed by atoms with Crippen molar-refractivity contribution in [3.8, 4) is 0 Å². The van der Waals surface area contributed by atoms with Gasteiger partial charge in [0.15, 0.2) is 11.6 Å². The van der Waals surface area contributed by atoms with Crippen LogP contribution in [0.2, 0.25) is 0 Å². The van der Waals surface area contributed by atoms with Gasteiger partial charge in [0, 0.05) is 16.6 Å². The molecule has 0 aliphatic carbocycles. The van der Waals surface area contributed by atoms with E-state index in [0.717, 1.165) is 0 Å². The number of nitrogens with zero attached hydrogens (tertiary/aromatic N) is 2. The number of hydrogen-bond donors (Lipinski definition) is 2. The zero-order valence-electron chi connectivity index (χ0n) is 11.3. The minimum atomic E-state index is -1.39. The summed E-state index contributed by atoms with van der Waals surface area (Å²) >= 11 is 6.20. The van der Waals surface area contributed by atoms with Crippen molar-refractivity contribution in [2.45, 2.75) is 0 Å². The number of halogens is 4. The molecule has 8 nitrogen and oxygen atoms in total. The first-order valence-electron chi connectivity index (χ1n) is 5.99. The van der Waals surface area contributed by atoms with Crippen LogP contribution in [0.1, 0.15) is 0 Å². The van der Waals surface area contributed by atoms with E-state index in [0.29, 0.717) is 16.6 Å². The number of anilines is 2. The third kappa shape index (κ3) is 3.76. The van der Waals surface area contributed by atoms with Crippen molar-refractivity contribution in [1.82, 2.24) is 0 Å². The molecule has 2 aromatic rings. The van der Waals surface area contributed by atoms with E-state index in [-0.39, 0.29) is 15.8 Å².